The van der Waals surface area contributed by atoms with Crippen LogP contribution in [0.25, 0.3) is 11.3 Å². The van der Waals surface area contributed by atoms with Crippen LogP contribution in [0.5, 0.6) is 5.75 Å². The average Bonchev–Trinajstić information content (AvgIpc) is 3.16. The molecular formula is C19H23N3O4. The van der Waals surface area contributed by atoms with Gasteiger partial charge in [0.25, 0.3) is 5.56 Å². The van der Waals surface area contributed by atoms with Gasteiger partial charge in [-0.2, -0.15) is 5.10 Å². The number of nitrogens with zero attached hydrogens (tertiary/aromatic N) is 2. The molecule has 1 saturated heterocycles. The van der Waals surface area contributed by atoms with Crippen LogP contribution in [0.1, 0.15) is 19.8 Å². The monoisotopic (exact) mass is 357 g/mol. The summed E-state index contributed by atoms with van der Waals surface area (Å²) < 4.78 is 12.1. The molecular weight excluding hydrogens is 334 g/mol. The van der Waals surface area contributed by atoms with Gasteiger partial charge in [0.1, 0.15) is 12.3 Å². The predicted molar refractivity (Wildman–Crippen MR) is 97.1 cm³/mol. The molecule has 1 aromatic carbocycles. The summed E-state index contributed by atoms with van der Waals surface area (Å²) >= 11 is 0. The highest BCUT2D eigenvalue weighted by Gasteiger charge is 2.16. The molecule has 1 aromatic heterocycles. The van der Waals surface area contributed by atoms with Gasteiger partial charge in [-0.15, -0.1) is 0 Å². The third-order valence-electron chi connectivity index (χ3n) is 4.17. The number of hydrogen-bond acceptors (Lipinski definition) is 5. The number of ether oxygens (including phenoxy) is 2. The summed E-state index contributed by atoms with van der Waals surface area (Å²) in [5, 5.41) is 7.11. The van der Waals surface area contributed by atoms with E-state index in [1.54, 1.807) is 6.07 Å². The normalized spacial score (nSPS) is 16.4. The first-order valence-corrected chi connectivity index (χ1v) is 8.85. The second-order valence-electron chi connectivity index (χ2n) is 6.11. The van der Waals surface area contributed by atoms with Crippen molar-refractivity contribution < 1.29 is 14.3 Å². The molecule has 1 amide bonds. The summed E-state index contributed by atoms with van der Waals surface area (Å²) in [6, 6.07) is 10.5. The molecule has 1 aliphatic heterocycles. The van der Waals surface area contributed by atoms with Gasteiger partial charge in [-0.1, -0.05) is 0 Å². The minimum Gasteiger partial charge on any atom is -0.494 e. The Labute approximate surface area is 151 Å². The van der Waals surface area contributed by atoms with Crippen molar-refractivity contribution in [3.8, 4) is 17.0 Å². The van der Waals surface area contributed by atoms with Gasteiger partial charge < -0.3 is 14.8 Å². The smallest absolute Gasteiger partial charge is 0.267 e. The maximum Gasteiger partial charge on any atom is 0.267 e. The van der Waals surface area contributed by atoms with Gasteiger partial charge in [-0.3, -0.25) is 9.59 Å². The summed E-state index contributed by atoms with van der Waals surface area (Å²) in [5.74, 6) is 0.525. The highest BCUT2D eigenvalue weighted by atomic mass is 16.5. The molecule has 1 atom stereocenters. The Morgan fingerprint density at radius 1 is 1.31 bits per heavy atom. The van der Waals surface area contributed by atoms with Crippen LogP contribution in [0, 0.1) is 0 Å². The van der Waals surface area contributed by atoms with Crippen molar-refractivity contribution in [2.75, 3.05) is 19.8 Å². The second kappa shape index (κ2) is 8.62. The molecule has 1 N–H and O–H groups in total. The number of benzene rings is 1. The highest BCUT2D eigenvalue weighted by molar-refractivity contribution is 5.75. The molecule has 0 aliphatic carbocycles. The highest BCUT2D eigenvalue weighted by Crippen LogP contribution is 2.19. The van der Waals surface area contributed by atoms with E-state index in [1.807, 2.05) is 31.2 Å². The Morgan fingerprint density at radius 2 is 2.12 bits per heavy atom. The van der Waals surface area contributed by atoms with Gasteiger partial charge in [0.2, 0.25) is 5.91 Å². The molecule has 0 radical (unpaired) electrons. The van der Waals surface area contributed by atoms with Gasteiger partial charge in [0, 0.05) is 24.8 Å². The summed E-state index contributed by atoms with van der Waals surface area (Å²) in [7, 11) is 0. The number of nitrogens with one attached hydrogen (secondary N) is 1. The molecule has 0 spiro atoms. The van der Waals surface area contributed by atoms with Gasteiger partial charge >= 0.3 is 0 Å². The number of carbonyl (C=O) groups is 1. The third-order valence-corrected chi connectivity index (χ3v) is 4.17. The zero-order valence-corrected chi connectivity index (χ0v) is 14.8. The molecule has 0 saturated carbocycles. The fraction of sp³-hybridized carbons (Fsp3) is 0.421. The fourth-order valence-corrected chi connectivity index (χ4v) is 2.83. The van der Waals surface area contributed by atoms with E-state index in [9.17, 15) is 9.59 Å². The van der Waals surface area contributed by atoms with E-state index in [-0.39, 0.29) is 24.1 Å². The molecule has 0 unspecified atom stereocenters. The lowest BCUT2D eigenvalue weighted by atomic mass is 10.1. The predicted octanol–water partition coefficient (Wildman–Crippen LogP) is 1.60. The van der Waals surface area contributed by atoms with Crippen LogP contribution in [0.2, 0.25) is 0 Å². The molecule has 2 heterocycles. The van der Waals surface area contributed by atoms with Crippen molar-refractivity contribution in [1.82, 2.24) is 15.1 Å². The lowest BCUT2D eigenvalue weighted by molar-refractivity contribution is -0.122. The van der Waals surface area contributed by atoms with E-state index in [4.69, 9.17) is 9.47 Å². The molecule has 2 aromatic rings. The SMILES string of the molecule is CCOc1ccc(-c2ccc(=O)n(CC(=O)NC[C@H]3CCCO3)n2)cc1. The maximum absolute atomic E-state index is 12.1. The standard InChI is InChI=1S/C19H23N3O4/c1-2-25-15-7-5-14(6-8-15)17-9-10-19(24)22(21-17)13-18(23)20-12-16-4-3-11-26-16/h5-10,16H,2-4,11-13H2,1H3,(H,20,23)/t16-/m1/s1. The number of amides is 1. The Hall–Kier alpha value is -2.67. The molecule has 1 aliphatic rings. The molecule has 7 heteroatoms. The first kappa shape index (κ1) is 18.1. The van der Waals surface area contributed by atoms with Crippen LogP contribution >= 0.6 is 0 Å². The molecule has 1 fully saturated rings. The van der Waals surface area contributed by atoms with Gasteiger partial charge in [-0.05, 0) is 50.1 Å². The van der Waals surface area contributed by atoms with E-state index in [1.165, 1.54) is 10.7 Å². The third kappa shape index (κ3) is 4.70. The zero-order chi connectivity index (χ0) is 18.4. The summed E-state index contributed by atoms with van der Waals surface area (Å²) in [4.78, 5) is 24.1. The first-order chi connectivity index (χ1) is 12.7. The second-order valence-corrected chi connectivity index (χ2v) is 6.11. The van der Waals surface area contributed by atoms with Crippen molar-refractivity contribution in [2.45, 2.75) is 32.4 Å². The zero-order valence-electron chi connectivity index (χ0n) is 14.8. The van der Waals surface area contributed by atoms with E-state index in [2.05, 4.69) is 10.4 Å². The quantitative estimate of drug-likeness (QED) is 0.814. The molecule has 7 nitrogen and oxygen atoms in total. The van der Waals surface area contributed by atoms with Gasteiger partial charge in [-0.25, -0.2) is 4.68 Å². The van der Waals surface area contributed by atoms with Crippen molar-refractivity contribution in [2.24, 2.45) is 0 Å². The van der Waals surface area contributed by atoms with Crippen LogP contribution in [0.4, 0.5) is 0 Å². The Kier molecular flexibility index (Phi) is 6.01. The largest absolute Gasteiger partial charge is 0.494 e. The Bertz CT molecular complexity index is 795. The van der Waals surface area contributed by atoms with Crippen LogP contribution in [-0.4, -0.2) is 41.6 Å². The Morgan fingerprint density at radius 3 is 2.81 bits per heavy atom. The maximum atomic E-state index is 12.1. The fourth-order valence-electron chi connectivity index (χ4n) is 2.83. The van der Waals surface area contributed by atoms with E-state index in [0.717, 1.165) is 30.8 Å². The van der Waals surface area contributed by atoms with Crippen molar-refractivity contribution in [3.63, 3.8) is 0 Å². The van der Waals surface area contributed by atoms with Gasteiger partial charge in [0.05, 0.1) is 18.4 Å². The van der Waals surface area contributed by atoms with Crippen LogP contribution in [-0.2, 0) is 16.1 Å². The molecule has 138 valence electrons. The van der Waals surface area contributed by atoms with Crippen molar-refractivity contribution >= 4 is 5.91 Å². The summed E-state index contributed by atoms with van der Waals surface area (Å²) in [6.45, 7) is 3.62. The molecule has 3 rings (SSSR count). The number of carbonyl (C=O) groups excluding carboxylic acids is 1. The molecule has 26 heavy (non-hydrogen) atoms. The average molecular weight is 357 g/mol. The van der Waals surface area contributed by atoms with E-state index >= 15 is 0 Å². The lowest BCUT2D eigenvalue weighted by Crippen LogP contribution is -2.37. The van der Waals surface area contributed by atoms with E-state index < -0.39 is 0 Å². The van der Waals surface area contributed by atoms with Crippen molar-refractivity contribution in [1.29, 1.82) is 0 Å². The van der Waals surface area contributed by atoms with Crippen molar-refractivity contribution in [3.05, 3.63) is 46.8 Å². The minimum absolute atomic E-state index is 0.0684. The first-order valence-electron chi connectivity index (χ1n) is 8.85. The number of aromatic nitrogens is 2. The van der Waals surface area contributed by atoms with Crippen LogP contribution in [0.3, 0.4) is 0 Å². The minimum atomic E-state index is -0.313. The van der Waals surface area contributed by atoms with Crippen LogP contribution in [0.15, 0.2) is 41.2 Å². The Balaban J connectivity index is 1.66. The molecule has 0 bridgehead atoms. The topological polar surface area (TPSA) is 82.5 Å². The number of rotatable bonds is 7. The number of hydrogen-bond donors (Lipinski definition) is 1. The lowest BCUT2D eigenvalue weighted by Gasteiger charge is -2.11. The van der Waals surface area contributed by atoms with E-state index in [0.29, 0.717) is 18.8 Å². The summed E-state index contributed by atoms with van der Waals surface area (Å²) in [5.41, 5.74) is 1.16. The van der Waals surface area contributed by atoms with Crippen LogP contribution < -0.4 is 15.6 Å². The van der Waals surface area contributed by atoms with Gasteiger partial charge in [0.15, 0.2) is 0 Å². The summed E-state index contributed by atoms with van der Waals surface area (Å²) in [6.07, 6.45) is 2.04.